The van der Waals surface area contributed by atoms with Crippen LogP contribution in [-0.2, 0) is 11.0 Å². The lowest BCUT2D eigenvalue weighted by molar-refractivity contribution is -0.137. The third-order valence-corrected chi connectivity index (χ3v) is 4.41. The molecule has 0 aliphatic heterocycles. The van der Waals surface area contributed by atoms with Gasteiger partial charge in [-0.1, -0.05) is 29.2 Å². The van der Waals surface area contributed by atoms with E-state index in [0.29, 0.717) is 4.34 Å². The molecule has 1 aromatic carbocycles. The predicted octanol–water partition coefficient (Wildman–Crippen LogP) is 2.39. The lowest BCUT2D eigenvalue weighted by Crippen LogP contribution is -2.13. The van der Waals surface area contributed by atoms with Gasteiger partial charge in [0.05, 0.1) is 11.3 Å². The van der Waals surface area contributed by atoms with Crippen LogP contribution in [0.2, 0.25) is 0 Å². The number of nitrogens with zero attached hydrogens (tertiary/aromatic N) is 2. The van der Waals surface area contributed by atoms with Gasteiger partial charge in [-0.15, -0.1) is 10.2 Å². The molecular weight excluding hydrogens is 353 g/mol. The van der Waals surface area contributed by atoms with Crippen LogP contribution < -0.4 is 11.1 Å². The third-order valence-electron chi connectivity index (χ3n) is 2.42. The van der Waals surface area contributed by atoms with Crippen molar-refractivity contribution in [2.45, 2.75) is 10.5 Å². The standard InChI is InChI=1S/C12H9F3N4O2S2/c13-12(14,15)7-3-1-2-6(4-7)9(21)17-10-18-19-11(23-10)22-5-8(16)20/h1-4H,5H2,(H2,16,20)(H,17,18,21). The van der Waals surface area contributed by atoms with Gasteiger partial charge in [0, 0.05) is 5.56 Å². The molecule has 1 aromatic heterocycles. The smallest absolute Gasteiger partial charge is 0.369 e. The number of halogens is 3. The van der Waals surface area contributed by atoms with Crippen LogP contribution in [0, 0.1) is 0 Å². The number of nitrogens with one attached hydrogen (secondary N) is 1. The maximum Gasteiger partial charge on any atom is 0.416 e. The van der Waals surface area contributed by atoms with Crippen molar-refractivity contribution in [1.29, 1.82) is 0 Å². The lowest BCUT2D eigenvalue weighted by Gasteiger charge is -2.08. The first-order valence-electron chi connectivity index (χ1n) is 5.99. The Kier molecular flexibility index (Phi) is 5.21. The van der Waals surface area contributed by atoms with E-state index in [0.717, 1.165) is 41.3 Å². The van der Waals surface area contributed by atoms with E-state index in [1.54, 1.807) is 0 Å². The zero-order chi connectivity index (χ0) is 17.0. The quantitative estimate of drug-likeness (QED) is 0.629. The Bertz CT molecular complexity index is 733. The Labute approximate surface area is 136 Å². The average molecular weight is 362 g/mol. The predicted molar refractivity (Wildman–Crippen MR) is 79.2 cm³/mol. The normalized spacial score (nSPS) is 11.3. The first kappa shape index (κ1) is 17.2. The molecule has 11 heteroatoms. The topological polar surface area (TPSA) is 98.0 Å². The first-order valence-corrected chi connectivity index (χ1v) is 7.79. The van der Waals surface area contributed by atoms with E-state index in [1.165, 1.54) is 6.07 Å². The Hall–Kier alpha value is -2.14. The van der Waals surface area contributed by atoms with E-state index in [-0.39, 0.29) is 16.4 Å². The van der Waals surface area contributed by atoms with Crippen molar-refractivity contribution in [3.63, 3.8) is 0 Å². The van der Waals surface area contributed by atoms with Crippen molar-refractivity contribution in [3.05, 3.63) is 35.4 Å². The number of primary amides is 1. The molecular formula is C12H9F3N4O2S2. The van der Waals surface area contributed by atoms with Crippen LogP contribution >= 0.6 is 23.1 Å². The number of nitrogens with two attached hydrogens (primary N) is 1. The molecule has 1 heterocycles. The van der Waals surface area contributed by atoms with Gasteiger partial charge < -0.3 is 5.73 Å². The molecule has 0 bridgehead atoms. The van der Waals surface area contributed by atoms with E-state index in [2.05, 4.69) is 15.5 Å². The van der Waals surface area contributed by atoms with Crippen LogP contribution in [0.15, 0.2) is 28.6 Å². The van der Waals surface area contributed by atoms with Crippen molar-refractivity contribution in [2.24, 2.45) is 5.73 Å². The molecule has 0 aliphatic carbocycles. The molecule has 0 aliphatic rings. The van der Waals surface area contributed by atoms with Gasteiger partial charge in [0.15, 0.2) is 4.34 Å². The summed E-state index contributed by atoms with van der Waals surface area (Å²) in [7, 11) is 0. The van der Waals surface area contributed by atoms with Crippen molar-refractivity contribution in [2.75, 3.05) is 11.1 Å². The van der Waals surface area contributed by atoms with Crippen molar-refractivity contribution >= 4 is 40.0 Å². The summed E-state index contributed by atoms with van der Waals surface area (Å²) in [6.45, 7) is 0. The van der Waals surface area contributed by atoms with Crippen LogP contribution in [0.25, 0.3) is 0 Å². The number of hydrogen-bond donors (Lipinski definition) is 2. The van der Waals surface area contributed by atoms with E-state index in [4.69, 9.17) is 5.73 Å². The van der Waals surface area contributed by atoms with Crippen LogP contribution in [0.3, 0.4) is 0 Å². The fourth-order valence-corrected chi connectivity index (χ4v) is 2.94. The molecule has 0 spiro atoms. The van der Waals surface area contributed by atoms with E-state index in [9.17, 15) is 22.8 Å². The van der Waals surface area contributed by atoms with Crippen LogP contribution in [0.1, 0.15) is 15.9 Å². The first-order chi connectivity index (χ1) is 10.8. The van der Waals surface area contributed by atoms with Gasteiger partial charge >= 0.3 is 6.18 Å². The van der Waals surface area contributed by atoms with Gasteiger partial charge in [-0.05, 0) is 18.2 Å². The number of amides is 2. The molecule has 23 heavy (non-hydrogen) atoms. The zero-order valence-electron chi connectivity index (χ0n) is 11.3. The van der Waals surface area contributed by atoms with E-state index in [1.807, 2.05) is 0 Å². The van der Waals surface area contributed by atoms with Gasteiger partial charge in [0.2, 0.25) is 11.0 Å². The van der Waals surface area contributed by atoms with Gasteiger partial charge in [0.25, 0.3) is 5.91 Å². The summed E-state index contributed by atoms with van der Waals surface area (Å²) in [5.74, 6) is -1.26. The summed E-state index contributed by atoms with van der Waals surface area (Å²) in [5, 5.41) is 9.86. The number of benzene rings is 1. The highest BCUT2D eigenvalue weighted by Gasteiger charge is 2.30. The summed E-state index contributed by atoms with van der Waals surface area (Å²) in [6, 6.07) is 4.03. The Morgan fingerprint density at radius 2 is 2.04 bits per heavy atom. The van der Waals surface area contributed by atoms with E-state index < -0.39 is 23.6 Å². The molecule has 0 atom stereocenters. The molecule has 2 rings (SSSR count). The van der Waals surface area contributed by atoms with Crippen LogP contribution in [0.5, 0.6) is 0 Å². The number of rotatable bonds is 5. The molecule has 0 saturated heterocycles. The second-order valence-electron chi connectivity index (χ2n) is 4.16. The monoisotopic (exact) mass is 362 g/mol. The minimum absolute atomic E-state index is 0.0101. The molecule has 6 nitrogen and oxygen atoms in total. The highest BCUT2D eigenvalue weighted by molar-refractivity contribution is 8.01. The molecule has 0 fully saturated rings. The SMILES string of the molecule is NC(=O)CSc1nnc(NC(=O)c2cccc(C(F)(F)F)c2)s1. The van der Waals surface area contributed by atoms with Gasteiger partial charge in [-0.25, -0.2) is 0 Å². The fraction of sp³-hybridized carbons (Fsp3) is 0.167. The molecule has 0 unspecified atom stereocenters. The fourth-order valence-electron chi connectivity index (χ4n) is 1.46. The zero-order valence-corrected chi connectivity index (χ0v) is 12.9. The number of carbonyl (C=O) groups excluding carboxylic acids is 2. The Balaban J connectivity index is 2.06. The number of carbonyl (C=O) groups is 2. The maximum atomic E-state index is 12.6. The molecule has 2 aromatic rings. The average Bonchev–Trinajstić information content (AvgIpc) is 2.92. The molecule has 0 saturated carbocycles. The summed E-state index contributed by atoms with van der Waals surface area (Å²) in [5.41, 5.74) is 3.92. The number of aromatic nitrogens is 2. The van der Waals surface area contributed by atoms with Crippen molar-refractivity contribution < 1.29 is 22.8 Å². The summed E-state index contributed by atoms with van der Waals surface area (Å²) in [4.78, 5) is 22.6. The molecule has 0 radical (unpaired) electrons. The summed E-state index contributed by atoms with van der Waals surface area (Å²) in [6.07, 6.45) is -4.53. The summed E-state index contributed by atoms with van der Waals surface area (Å²) < 4.78 is 38.3. The third kappa shape index (κ3) is 4.93. The van der Waals surface area contributed by atoms with Gasteiger partial charge in [-0.2, -0.15) is 13.2 Å². The maximum absolute atomic E-state index is 12.6. The van der Waals surface area contributed by atoms with Crippen LogP contribution in [-0.4, -0.2) is 27.8 Å². The number of anilines is 1. The Morgan fingerprint density at radius 3 is 2.70 bits per heavy atom. The minimum atomic E-state index is -4.53. The lowest BCUT2D eigenvalue weighted by atomic mass is 10.1. The van der Waals surface area contributed by atoms with E-state index >= 15 is 0 Å². The summed E-state index contributed by atoms with van der Waals surface area (Å²) >= 11 is 2.03. The van der Waals surface area contributed by atoms with Crippen molar-refractivity contribution in [1.82, 2.24) is 10.2 Å². The highest BCUT2D eigenvalue weighted by Crippen LogP contribution is 2.30. The van der Waals surface area contributed by atoms with Gasteiger partial charge in [-0.3, -0.25) is 14.9 Å². The van der Waals surface area contributed by atoms with Crippen molar-refractivity contribution in [3.8, 4) is 0 Å². The second-order valence-corrected chi connectivity index (χ2v) is 6.36. The second kappa shape index (κ2) is 6.96. The van der Waals surface area contributed by atoms with Gasteiger partial charge in [0.1, 0.15) is 0 Å². The highest BCUT2D eigenvalue weighted by atomic mass is 32.2. The number of alkyl halides is 3. The molecule has 2 amide bonds. The van der Waals surface area contributed by atoms with Crippen LogP contribution in [0.4, 0.5) is 18.3 Å². The minimum Gasteiger partial charge on any atom is -0.369 e. The number of thioether (sulfide) groups is 1. The number of hydrogen-bond acceptors (Lipinski definition) is 6. The molecule has 122 valence electrons. The molecule has 3 N–H and O–H groups in total. The Morgan fingerprint density at radius 1 is 1.30 bits per heavy atom. The largest absolute Gasteiger partial charge is 0.416 e.